The highest BCUT2D eigenvalue weighted by molar-refractivity contribution is 6.06. The normalized spacial score (nSPS) is 17.6. The summed E-state index contributed by atoms with van der Waals surface area (Å²) in [6, 6.07) is 11.3. The number of para-hydroxylation sites is 1. The summed E-state index contributed by atoms with van der Waals surface area (Å²) >= 11 is 0. The molecule has 1 aliphatic carbocycles. The van der Waals surface area contributed by atoms with Gasteiger partial charge in [0.05, 0.1) is 12.5 Å². The molecule has 1 aliphatic rings. The van der Waals surface area contributed by atoms with Crippen LogP contribution < -0.4 is 10.9 Å². The summed E-state index contributed by atoms with van der Waals surface area (Å²) in [7, 11) is 0. The lowest BCUT2D eigenvalue weighted by molar-refractivity contribution is -0.131. The van der Waals surface area contributed by atoms with Gasteiger partial charge in [0.15, 0.2) is 5.78 Å². The van der Waals surface area contributed by atoms with Crippen LogP contribution in [0.5, 0.6) is 0 Å². The van der Waals surface area contributed by atoms with E-state index >= 15 is 0 Å². The van der Waals surface area contributed by atoms with Crippen LogP contribution in [0.4, 0.5) is 0 Å². The molecule has 1 saturated carbocycles. The van der Waals surface area contributed by atoms with Crippen molar-refractivity contribution >= 4 is 17.5 Å². The number of aromatic nitrogens is 1. The summed E-state index contributed by atoms with van der Waals surface area (Å²) in [5.41, 5.74) is 0.156. The first-order valence-corrected chi connectivity index (χ1v) is 7.68. The van der Waals surface area contributed by atoms with Gasteiger partial charge in [0.2, 0.25) is 0 Å². The molecule has 6 heteroatoms. The SMILES string of the molecule is O=C1CCC(NC(=O)c2cccn(-c3ccccc3)c2=O)C(=O)C1. The summed E-state index contributed by atoms with van der Waals surface area (Å²) in [6.07, 6.45) is 1.97. The van der Waals surface area contributed by atoms with Crippen LogP contribution in [0.2, 0.25) is 0 Å². The van der Waals surface area contributed by atoms with Crippen LogP contribution in [0.3, 0.4) is 0 Å². The van der Waals surface area contributed by atoms with E-state index in [1.54, 1.807) is 36.5 Å². The number of carbonyl (C=O) groups excluding carboxylic acids is 3. The smallest absolute Gasteiger partial charge is 0.267 e. The first-order chi connectivity index (χ1) is 11.6. The molecule has 0 radical (unpaired) electrons. The van der Waals surface area contributed by atoms with E-state index in [2.05, 4.69) is 5.32 Å². The van der Waals surface area contributed by atoms with E-state index < -0.39 is 17.5 Å². The maximum Gasteiger partial charge on any atom is 0.267 e. The second kappa shape index (κ2) is 6.62. The van der Waals surface area contributed by atoms with Crippen molar-refractivity contribution in [3.05, 3.63) is 64.6 Å². The number of pyridine rings is 1. The van der Waals surface area contributed by atoms with Gasteiger partial charge in [-0.15, -0.1) is 0 Å². The van der Waals surface area contributed by atoms with Gasteiger partial charge in [0.1, 0.15) is 11.3 Å². The van der Waals surface area contributed by atoms with Crippen molar-refractivity contribution in [3.8, 4) is 5.69 Å². The van der Waals surface area contributed by atoms with Crippen molar-refractivity contribution in [2.75, 3.05) is 0 Å². The van der Waals surface area contributed by atoms with Gasteiger partial charge in [-0.1, -0.05) is 18.2 Å². The Morgan fingerprint density at radius 3 is 2.50 bits per heavy atom. The molecule has 1 amide bonds. The molecule has 2 aromatic rings. The van der Waals surface area contributed by atoms with Gasteiger partial charge in [-0.2, -0.15) is 0 Å². The average Bonchev–Trinajstić information content (AvgIpc) is 2.58. The van der Waals surface area contributed by atoms with E-state index in [-0.39, 0.29) is 36.4 Å². The Balaban J connectivity index is 1.85. The van der Waals surface area contributed by atoms with Crippen molar-refractivity contribution in [1.29, 1.82) is 0 Å². The van der Waals surface area contributed by atoms with Crippen LogP contribution in [-0.2, 0) is 9.59 Å². The third kappa shape index (κ3) is 3.17. The van der Waals surface area contributed by atoms with Crippen molar-refractivity contribution in [2.45, 2.75) is 25.3 Å². The van der Waals surface area contributed by atoms with E-state index in [0.29, 0.717) is 5.69 Å². The van der Waals surface area contributed by atoms with E-state index in [1.807, 2.05) is 6.07 Å². The molecule has 3 rings (SSSR count). The Labute approximate surface area is 138 Å². The quantitative estimate of drug-likeness (QED) is 0.861. The molecule has 6 nitrogen and oxygen atoms in total. The number of rotatable bonds is 3. The number of amides is 1. The predicted octanol–water partition coefficient (Wildman–Crippen LogP) is 1.26. The van der Waals surface area contributed by atoms with E-state index in [0.717, 1.165) is 0 Å². The zero-order valence-electron chi connectivity index (χ0n) is 12.9. The van der Waals surface area contributed by atoms with Crippen molar-refractivity contribution in [2.24, 2.45) is 0 Å². The minimum absolute atomic E-state index is 0.0361. The highest BCUT2D eigenvalue weighted by Gasteiger charge is 2.29. The number of nitrogens with zero attached hydrogens (tertiary/aromatic N) is 1. The Morgan fingerprint density at radius 2 is 1.79 bits per heavy atom. The lowest BCUT2D eigenvalue weighted by atomic mass is 9.93. The summed E-state index contributed by atoms with van der Waals surface area (Å²) in [4.78, 5) is 48.0. The fraction of sp³-hybridized carbons (Fsp3) is 0.222. The average molecular weight is 324 g/mol. The van der Waals surface area contributed by atoms with Crippen LogP contribution in [0.25, 0.3) is 5.69 Å². The molecule has 1 fully saturated rings. The van der Waals surface area contributed by atoms with E-state index in [4.69, 9.17) is 0 Å². The van der Waals surface area contributed by atoms with Gasteiger partial charge in [-0.05, 0) is 30.7 Å². The summed E-state index contributed by atoms with van der Waals surface area (Å²) in [5.74, 6) is -1.02. The van der Waals surface area contributed by atoms with Gasteiger partial charge in [-0.3, -0.25) is 23.7 Å². The molecular weight excluding hydrogens is 308 g/mol. The third-order valence-electron chi connectivity index (χ3n) is 4.00. The Hall–Kier alpha value is -3.02. The van der Waals surface area contributed by atoms with Crippen LogP contribution in [0.1, 0.15) is 29.6 Å². The monoisotopic (exact) mass is 324 g/mol. The van der Waals surface area contributed by atoms with Gasteiger partial charge in [-0.25, -0.2) is 0 Å². The Bertz CT molecular complexity index is 855. The maximum atomic E-state index is 12.5. The van der Waals surface area contributed by atoms with Crippen molar-refractivity contribution in [1.82, 2.24) is 9.88 Å². The van der Waals surface area contributed by atoms with Crippen LogP contribution in [-0.4, -0.2) is 28.1 Å². The number of carbonyl (C=O) groups is 3. The summed E-state index contributed by atoms with van der Waals surface area (Å²) in [6.45, 7) is 0. The number of hydrogen-bond acceptors (Lipinski definition) is 4. The fourth-order valence-corrected chi connectivity index (χ4v) is 2.72. The molecule has 1 atom stereocenters. The number of nitrogens with one attached hydrogen (secondary N) is 1. The number of hydrogen-bond donors (Lipinski definition) is 1. The molecule has 1 heterocycles. The zero-order valence-corrected chi connectivity index (χ0v) is 12.9. The molecule has 0 bridgehead atoms. The Morgan fingerprint density at radius 1 is 1.04 bits per heavy atom. The van der Waals surface area contributed by atoms with Crippen LogP contribution in [0.15, 0.2) is 53.5 Å². The first-order valence-electron chi connectivity index (χ1n) is 7.68. The van der Waals surface area contributed by atoms with Crippen molar-refractivity contribution in [3.63, 3.8) is 0 Å². The van der Waals surface area contributed by atoms with Gasteiger partial charge in [0.25, 0.3) is 11.5 Å². The molecule has 0 aliphatic heterocycles. The zero-order chi connectivity index (χ0) is 17.1. The van der Waals surface area contributed by atoms with Gasteiger partial charge < -0.3 is 5.32 Å². The largest absolute Gasteiger partial charge is 0.342 e. The second-order valence-electron chi connectivity index (χ2n) is 5.68. The molecule has 122 valence electrons. The number of Topliss-reactive ketones (excluding diaryl/α,β-unsaturated/α-hetero) is 2. The summed E-state index contributed by atoms with van der Waals surface area (Å²) < 4.78 is 1.38. The first kappa shape index (κ1) is 15.9. The fourth-order valence-electron chi connectivity index (χ4n) is 2.72. The molecule has 0 spiro atoms. The van der Waals surface area contributed by atoms with Crippen LogP contribution >= 0.6 is 0 Å². The molecule has 1 aromatic heterocycles. The summed E-state index contributed by atoms with van der Waals surface area (Å²) in [5, 5.41) is 2.57. The topological polar surface area (TPSA) is 85.2 Å². The lowest BCUT2D eigenvalue weighted by Gasteiger charge is -2.21. The molecule has 1 unspecified atom stereocenters. The second-order valence-corrected chi connectivity index (χ2v) is 5.68. The lowest BCUT2D eigenvalue weighted by Crippen LogP contribution is -2.45. The number of ketones is 2. The van der Waals surface area contributed by atoms with Gasteiger partial charge in [0, 0.05) is 18.3 Å². The Kier molecular flexibility index (Phi) is 4.37. The van der Waals surface area contributed by atoms with Crippen molar-refractivity contribution < 1.29 is 14.4 Å². The highest BCUT2D eigenvalue weighted by atomic mass is 16.2. The van der Waals surface area contributed by atoms with Crippen LogP contribution in [0, 0.1) is 0 Å². The van der Waals surface area contributed by atoms with Gasteiger partial charge >= 0.3 is 0 Å². The molecule has 0 saturated heterocycles. The third-order valence-corrected chi connectivity index (χ3v) is 4.00. The standard InChI is InChI=1S/C18H16N2O4/c21-13-8-9-15(16(22)11-13)19-17(23)14-7-4-10-20(18(14)24)12-5-2-1-3-6-12/h1-7,10,15H,8-9,11H2,(H,19,23). The predicted molar refractivity (Wildman–Crippen MR) is 87.2 cm³/mol. The highest BCUT2D eigenvalue weighted by Crippen LogP contribution is 2.12. The maximum absolute atomic E-state index is 12.5. The van der Waals surface area contributed by atoms with E-state index in [9.17, 15) is 19.2 Å². The number of benzene rings is 1. The minimum atomic E-state index is -0.708. The minimum Gasteiger partial charge on any atom is -0.342 e. The molecular formula is C18H16N2O4. The van der Waals surface area contributed by atoms with E-state index in [1.165, 1.54) is 10.6 Å². The molecule has 1 N–H and O–H groups in total. The molecule has 24 heavy (non-hydrogen) atoms. The molecule has 1 aromatic carbocycles.